The van der Waals surface area contributed by atoms with Crippen molar-refractivity contribution >= 4 is 35.7 Å². The van der Waals surface area contributed by atoms with Crippen LogP contribution in [0.5, 0.6) is 0 Å². The van der Waals surface area contributed by atoms with Gasteiger partial charge in [-0.05, 0) is 143 Å². The van der Waals surface area contributed by atoms with E-state index in [1.54, 1.807) is 46.8 Å². The van der Waals surface area contributed by atoms with Gasteiger partial charge in [-0.25, -0.2) is 0 Å². The number of ether oxygens (including phenoxy) is 4. The number of hydrogen-bond donors (Lipinski definition) is 6. The number of allylic oxidation sites excluding steroid dienone is 6. The fourth-order valence-electron chi connectivity index (χ4n) is 15.4. The van der Waals surface area contributed by atoms with E-state index in [1.165, 1.54) is 88.5 Å². The van der Waals surface area contributed by atoms with E-state index in [0.717, 1.165) is 12.2 Å². The molecule has 4 spiro atoms. The van der Waals surface area contributed by atoms with E-state index in [4.69, 9.17) is 18.9 Å². The molecule has 462 valence electrons. The molecule has 4 heterocycles. The van der Waals surface area contributed by atoms with Gasteiger partial charge < -0.3 is 70.0 Å². The number of aldehydes is 2. The van der Waals surface area contributed by atoms with Gasteiger partial charge in [-0.3, -0.25) is 28.8 Å². The van der Waals surface area contributed by atoms with Crippen LogP contribution in [0, 0.1) is 69.5 Å². The van der Waals surface area contributed by atoms with E-state index in [9.17, 15) is 65.4 Å². The van der Waals surface area contributed by atoms with E-state index in [0.29, 0.717) is 23.7 Å². The molecule has 4 saturated heterocycles. The smallest absolute Gasteiger partial charge is 0.172 e. The lowest BCUT2D eigenvalue weighted by atomic mass is 9.59. The summed E-state index contributed by atoms with van der Waals surface area (Å²) in [7, 11) is 0. The zero-order valence-corrected chi connectivity index (χ0v) is 49.2. The summed E-state index contributed by atoms with van der Waals surface area (Å²) in [6.45, 7) is 13.3. The Bertz CT molecular complexity index is 3070. The highest BCUT2D eigenvalue weighted by atomic mass is 16.6. The van der Waals surface area contributed by atoms with Crippen molar-refractivity contribution in [2.45, 2.75) is 160 Å². The first kappa shape index (κ1) is 64.3. The number of Topliss-reactive ketones (excluding diaryl/α,β-unsaturated/α-hetero) is 4. The maximum absolute atomic E-state index is 15.1. The first-order valence-electron chi connectivity index (χ1n) is 29.2. The second kappa shape index (κ2) is 23.1. The maximum Gasteiger partial charge on any atom is 0.172 e. The molecule has 0 aromatic carbocycles. The summed E-state index contributed by atoms with van der Waals surface area (Å²) in [5, 5.41) is 126. The molecule has 0 aromatic rings. The van der Waals surface area contributed by atoms with E-state index in [-0.39, 0.29) is 48.0 Å². The van der Waals surface area contributed by atoms with Gasteiger partial charge in [0.15, 0.2) is 23.1 Å². The summed E-state index contributed by atoms with van der Waals surface area (Å²) in [4.78, 5) is 85.1. The SMILES string of the molecule is C/C1=C\C=C\C2(C)C=C(CO)C(C)CC23OC([O-])C(C3=O)C(O)/C=C/C2(C)C=C(C=O)C(C)CC23OC([O-])C(C3=O)C(O)/C(C)=C/C=C/C2C=C(CO)C(C)CC23OC([O-])C(C3=O)C(O)/C=C/C2(C)C=C(C=O)C(C)CC23OC([O-])C(C3=O)C1O. The summed E-state index contributed by atoms with van der Waals surface area (Å²) in [6.07, 6.45) is 3.76. The summed E-state index contributed by atoms with van der Waals surface area (Å²) in [5.74, 6) is -13.7. The Morgan fingerprint density at radius 1 is 0.506 bits per heavy atom. The minimum Gasteiger partial charge on any atom is -0.830 e. The minimum absolute atomic E-state index is 0.0752. The minimum atomic E-state index is -2.19. The predicted octanol–water partition coefficient (Wildman–Crippen LogP) is 0.00610. The molecule has 0 amide bonds. The van der Waals surface area contributed by atoms with Crippen LogP contribution in [0.2, 0.25) is 0 Å². The van der Waals surface area contributed by atoms with Crippen molar-refractivity contribution in [2.24, 2.45) is 69.5 Å². The number of carbonyl (C=O) groups excluding carboxylic acids is 6. The second-order valence-corrected chi connectivity index (χ2v) is 26.1. The molecular formula is C65H78O20-4. The number of hydrogen-bond acceptors (Lipinski definition) is 20. The van der Waals surface area contributed by atoms with E-state index >= 15 is 14.4 Å². The molecule has 8 bridgehead atoms. The molecule has 9 aliphatic rings. The zero-order valence-electron chi connectivity index (χ0n) is 49.2. The zero-order chi connectivity index (χ0) is 62.5. The molecular weight excluding hydrogens is 1100 g/mol. The number of aliphatic hydroxyl groups is 6. The highest BCUT2D eigenvalue weighted by Gasteiger charge is 2.66. The summed E-state index contributed by atoms with van der Waals surface area (Å²) in [6, 6.07) is 0. The van der Waals surface area contributed by atoms with Gasteiger partial charge >= 0.3 is 0 Å². The van der Waals surface area contributed by atoms with E-state index < -0.39 is 178 Å². The third-order valence-electron chi connectivity index (χ3n) is 20.8. The van der Waals surface area contributed by atoms with Gasteiger partial charge in [0, 0.05) is 22.2 Å². The molecule has 85 heavy (non-hydrogen) atoms. The quantitative estimate of drug-likeness (QED) is 0.159. The van der Waals surface area contributed by atoms with Crippen LogP contribution >= 0.6 is 0 Å². The molecule has 9 rings (SSSR count). The Hall–Kier alpha value is -5.14. The third-order valence-corrected chi connectivity index (χ3v) is 20.8. The Labute approximate surface area is 494 Å². The van der Waals surface area contributed by atoms with Crippen molar-refractivity contribution in [3.05, 3.63) is 119 Å². The second-order valence-electron chi connectivity index (χ2n) is 26.1. The molecule has 24 unspecified atom stereocenters. The van der Waals surface area contributed by atoms with Crippen molar-refractivity contribution in [3.8, 4) is 0 Å². The summed E-state index contributed by atoms with van der Waals surface area (Å²) >= 11 is 0. The van der Waals surface area contributed by atoms with Crippen LogP contribution in [-0.4, -0.2) is 152 Å². The van der Waals surface area contributed by atoms with Crippen molar-refractivity contribution in [1.82, 2.24) is 0 Å². The lowest BCUT2D eigenvalue weighted by Crippen LogP contribution is -2.55. The van der Waals surface area contributed by atoms with E-state index in [1.807, 2.05) is 0 Å². The van der Waals surface area contributed by atoms with Crippen LogP contribution in [0.1, 0.15) is 88.0 Å². The first-order chi connectivity index (χ1) is 39.8. The topological polar surface area (TPSA) is 353 Å². The lowest BCUT2D eigenvalue weighted by Gasteiger charge is -2.47. The molecule has 20 heteroatoms. The molecule has 0 aromatic heterocycles. The van der Waals surface area contributed by atoms with Crippen molar-refractivity contribution in [3.63, 3.8) is 0 Å². The number of carbonyl (C=O) groups is 6. The number of fused-ring (bicyclic) bond motifs is 4. The molecule has 0 radical (unpaired) electrons. The van der Waals surface area contributed by atoms with Gasteiger partial charge in [0.1, 0.15) is 35.0 Å². The van der Waals surface area contributed by atoms with E-state index in [2.05, 4.69) is 0 Å². The molecule has 5 aliphatic carbocycles. The maximum atomic E-state index is 15.1. The van der Waals surface area contributed by atoms with Gasteiger partial charge in [-0.15, -0.1) is 0 Å². The van der Waals surface area contributed by atoms with Gasteiger partial charge in [-0.2, -0.15) is 0 Å². The van der Waals surface area contributed by atoms with Crippen molar-refractivity contribution < 1.29 is 98.8 Å². The Morgan fingerprint density at radius 3 is 1.35 bits per heavy atom. The lowest BCUT2D eigenvalue weighted by molar-refractivity contribution is -0.506. The Kier molecular flexibility index (Phi) is 17.5. The molecule has 4 fully saturated rings. The molecule has 6 N–H and O–H groups in total. The molecule has 0 saturated carbocycles. The van der Waals surface area contributed by atoms with Crippen LogP contribution in [0.15, 0.2) is 119 Å². The van der Waals surface area contributed by atoms with Crippen LogP contribution < -0.4 is 20.4 Å². The Morgan fingerprint density at radius 2 is 0.894 bits per heavy atom. The van der Waals surface area contributed by atoms with Crippen molar-refractivity contribution in [1.29, 1.82) is 0 Å². The average Bonchev–Trinajstić information content (AvgIpc) is 1.67. The summed E-state index contributed by atoms with van der Waals surface area (Å²) < 4.78 is 24.5. The predicted molar refractivity (Wildman–Crippen MR) is 294 cm³/mol. The van der Waals surface area contributed by atoms with Gasteiger partial charge in [-0.1, -0.05) is 113 Å². The average molecular weight is 1180 g/mol. The molecule has 4 aliphatic heterocycles. The number of ketones is 4. The normalized spacial score (nSPS) is 50.6. The van der Waals surface area contributed by atoms with Crippen LogP contribution in [0.3, 0.4) is 0 Å². The third kappa shape index (κ3) is 10.00. The van der Waals surface area contributed by atoms with Gasteiger partial charge in [0.05, 0.1) is 61.3 Å². The Balaban J connectivity index is 1.17. The van der Waals surface area contributed by atoms with Crippen LogP contribution in [0.25, 0.3) is 0 Å². The monoisotopic (exact) mass is 1180 g/mol. The molecule has 20 nitrogen and oxygen atoms in total. The number of rotatable bonds is 4. The standard InChI is InChI=1S/C65H78O20/c1-32-12-10-14-42-20-38(28-66)34(3)21-62(42)51(74)45(55(78)82-62)43(70)15-18-60(8)26-40(30-68)37(6)24-65(60)54(77)48(58(81)85-65)50(73)33(2)13-11-17-59(7)25-39(29-67)35(4)22-63(59)52(75)46(56(79)83-63)44(71)16-19-61(9)27-41(31-69)36(5)23-64(61)53(76)47(49(32)72)57(80)84-64/h10-20,25-27,30-31,34-37,42-50,55-58,66-67,70-73H,21-24,28-29H2,1-9H3/q-4/b14-10+,17-11+,18-15+,19-16+,32-12+,33-13+. The summed E-state index contributed by atoms with van der Waals surface area (Å²) in [5.41, 5.74) is -11.4. The van der Waals surface area contributed by atoms with Crippen LogP contribution in [-0.2, 0) is 47.7 Å². The fourth-order valence-corrected chi connectivity index (χ4v) is 15.4. The van der Waals surface area contributed by atoms with Crippen LogP contribution in [0.4, 0.5) is 0 Å². The van der Waals surface area contributed by atoms with Gasteiger partial charge in [0.25, 0.3) is 0 Å². The number of aliphatic hydroxyl groups excluding tert-OH is 6. The fraction of sp³-hybridized carbons (Fsp3) is 0.600. The van der Waals surface area contributed by atoms with Gasteiger partial charge in [0.2, 0.25) is 0 Å². The largest absolute Gasteiger partial charge is 0.830 e. The highest BCUT2D eigenvalue weighted by Crippen LogP contribution is 2.58. The first-order valence-corrected chi connectivity index (χ1v) is 29.2. The highest BCUT2D eigenvalue weighted by molar-refractivity contribution is 5.97. The molecule has 24 atom stereocenters. The van der Waals surface area contributed by atoms with Crippen molar-refractivity contribution in [2.75, 3.05) is 13.2 Å².